The lowest BCUT2D eigenvalue weighted by atomic mass is 10.2. The van der Waals surface area contributed by atoms with Crippen molar-refractivity contribution in [3.05, 3.63) is 24.0 Å². The monoisotopic (exact) mass is 282 g/mol. The van der Waals surface area contributed by atoms with Crippen LogP contribution in [0.3, 0.4) is 0 Å². The van der Waals surface area contributed by atoms with Gasteiger partial charge in [0.25, 0.3) is 5.91 Å². The first-order valence-electron chi connectivity index (χ1n) is 6.30. The predicted molar refractivity (Wildman–Crippen MR) is 74.5 cm³/mol. The van der Waals surface area contributed by atoms with Crippen molar-refractivity contribution in [2.45, 2.75) is 37.1 Å². The lowest BCUT2D eigenvalue weighted by Gasteiger charge is -2.13. The first-order chi connectivity index (χ1) is 9.10. The maximum absolute atomic E-state index is 12.1. The highest BCUT2D eigenvalue weighted by Crippen LogP contribution is 2.28. The third-order valence-electron chi connectivity index (χ3n) is 3.42. The minimum absolute atomic E-state index is 0.182. The van der Waals surface area contributed by atoms with E-state index < -0.39 is 5.97 Å². The number of hydrogen-bond donors (Lipinski definition) is 2. The molecule has 0 spiro atoms. The van der Waals surface area contributed by atoms with E-state index in [2.05, 4.69) is 11.6 Å². The van der Waals surface area contributed by atoms with Crippen LogP contribution >= 0.6 is 11.8 Å². The summed E-state index contributed by atoms with van der Waals surface area (Å²) < 4.78 is 1.46. The van der Waals surface area contributed by atoms with Crippen molar-refractivity contribution in [1.82, 2.24) is 9.88 Å². The molecule has 2 atom stereocenters. The Morgan fingerprint density at radius 2 is 2.32 bits per heavy atom. The molecule has 0 bridgehead atoms. The van der Waals surface area contributed by atoms with Gasteiger partial charge in [-0.1, -0.05) is 0 Å². The van der Waals surface area contributed by atoms with Crippen LogP contribution < -0.4 is 5.32 Å². The number of amides is 1. The van der Waals surface area contributed by atoms with Gasteiger partial charge in [-0.25, -0.2) is 0 Å². The summed E-state index contributed by atoms with van der Waals surface area (Å²) in [6.45, 7) is -0.187. The number of carboxylic acid groups (broad SMARTS) is 1. The van der Waals surface area contributed by atoms with Crippen molar-refractivity contribution < 1.29 is 14.7 Å². The zero-order valence-corrected chi connectivity index (χ0v) is 11.7. The average Bonchev–Trinajstić information content (AvgIpc) is 2.97. The summed E-state index contributed by atoms with van der Waals surface area (Å²) >= 11 is 1.84. The van der Waals surface area contributed by atoms with E-state index in [9.17, 15) is 9.59 Å². The molecule has 1 aliphatic carbocycles. The second-order valence-corrected chi connectivity index (χ2v) is 5.89. The highest BCUT2D eigenvalue weighted by molar-refractivity contribution is 7.99. The van der Waals surface area contributed by atoms with Crippen LogP contribution in [0.1, 0.15) is 29.8 Å². The van der Waals surface area contributed by atoms with Crippen molar-refractivity contribution >= 4 is 23.6 Å². The van der Waals surface area contributed by atoms with Gasteiger partial charge < -0.3 is 15.0 Å². The van der Waals surface area contributed by atoms with E-state index >= 15 is 0 Å². The maximum Gasteiger partial charge on any atom is 0.323 e. The van der Waals surface area contributed by atoms with Crippen LogP contribution in [0.25, 0.3) is 0 Å². The Morgan fingerprint density at radius 3 is 2.95 bits per heavy atom. The Labute approximate surface area is 116 Å². The van der Waals surface area contributed by atoms with E-state index in [-0.39, 0.29) is 18.5 Å². The number of carbonyl (C=O) groups is 2. The Kier molecular flexibility index (Phi) is 4.52. The number of nitrogens with one attached hydrogen (secondary N) is 1. The summed E-state index contributed by atoms with van der Waals surface area (Å²) in [5.74, 6) is -1.13. The number of rotatable bonds is 5. The standard InChI is InChI=1S/C13H18N2O3S/c1-19-10-5-4-9(7-10)14-13(18)11-3-2-6-15(11)8-12(16)17/h2-3,6,9-10H,4-5,7-8H2,1H3,(H,14,18)(H,16,17). The maximum atomic E-state index is 12.1. The molecule has 0 saturated heterocycles. The van der Waals surface area contributed by atoms with Crippen LogP contribution in [-0.4, -0.2) is 39.1 Å². The third kappa shape index (κ3) is 3.53. The topological polar surface area (TPSA) is 71.3 Å². The molecule has 1 fully saturated rings. The van der Waals surface area contributed by atoms with Crippen molar-refractivity contribution in [3.63, 3.8) is 0 Å². The van der Waals surface area contributed by atoms with Crippen LogP contribution in [0.4, 0.5) is 0 Å². The van der Waals surface area contributed by atoms with Crippen LogP contribution in [0, 0.1) is 0 Å². The Hall–Kier alpha value is -1.43. The number of thioether (sulfide) groups is 1. The minimum Gasteiger partial charge on any atom is -0.480 e. The third-order valence-corrected chi connectivity index (χ3v) is 4.52. The predicted octanol–water partition coefficient (Wildman–Crippen LogP) is 1.59. The lowest BCUT2D eigenvalue weighted by molar-refractivity contribution is -0.137. The van der Waals surface area contributed by atoms with Gasteiger partial charge in [0, 0.05) is 17.5 Å². The molecule has 1 saturated carbocycles. The molecule has 1 heterocycles. The molecule has 1 aliphatic rings. The zero-order chi connectivity index (χ0) is 13.8. The van der Waals surface area contributed by atoms with E-state index in [1.54, 1.807) is 18.3 Å². The molecular weight excluding hydrogens is 264 g/mol. The second kappa shape index (κ2) is 6.14. The number of nitrogens with zero attached hydrogens (tertiary/aromatic N) is 1. The summed E-state index contributed by atoms with van der Waals surface area (Å²) in [5, 5.41) is 12.4. The molecule has 1 aromatic rings. The number of carbonyl (C=O) groups excluding carboxylic acids is 1. The van der Waals surface area contributed by atoms with Gasteiger partial charge in [-0.15, -0.1) is 0 Å². The summed E-state index contributed by atoms with van der Waals surface area (Å²) in [6.07, 6.45) is 6.82. The zero-order valence-electron chi connectivity index (χ0n) is 10.8. The van der Waals surface area contributed by atoms with Gasteiger partial charge in [0.1, 0.15) is 12.2 Å². The van der Waals surface area contributed by atoms with Crippen LogP contribution in [0.15, 0.2) is 18.3 Å². The van der Waals surface area contributed by atoms with E-state index in [1.165, 1.54) is 4.57 Å². The largest absolute Gasteiger partial charge is 0.480 e. The van der Waals surface area contributed by atoms with Gasteiger partial charge in [-0.2, -0.15) is 11.8 Å². The summed E-state index contributed by atoms with van der Waals surface area (Å²) in [5.41, 5.74) is 0.412. The fraction of sp³-hybridized carbons (Fsp3) is 0.538. The Balaban J connectivity index is 1.97. The first kappa shape index (κ1) is 14.0. The smallest absolute Gasteiger partial charge is 0.323 e. The van der Waals surface area contributed by atoms with Crippen molar-refractivity contribution in [2.24, 2.45) is 0 Å². The average molecular weight is 282 g/mol. The fourth-order valence-electron chi connectivity index (χ4n) is 2.45. The molecule has 19 heavy (non-hydrogen) atoms. The van der Waals surface area contributed by atoms with Crippen molar-refractivity contribution in [3.8, 4) is 0 Å². The molecule has 6 heteroatoms. The van der Waals surface area contributed by atoms with Crippen molar-refractivity contribution in [1.29, 1.82) is 0 Å². The molecule has 1 aromatic heterocycles. The normalized spacial score (nSPS) is 22.4. The summed E-state index contributed by atoms with van der Waals surface area (Å²) in [7, 11) is 0. The van der Waals surface area contributed by atoms with Gasteiger partial charge in [0.05, 0.1) is 0 Å². The molecule has 0 radical (unpaired) electrons. The summed E-state index contributed by atoms with van der Waals surface area (Å²) in [4.78, 5) is 22.8. The van der Waals surface area contributed by atoms with Crippen LogP contribution in [0.5, 0.6) is 0 Å². The van der Waals surface area contributed by atoms with E-state index in [4.69, 9.17) is 5.11 Å². The SMILES string of the molecule is CSC1CCC(NC(=O)c2cccn2CC(=O)O)C1. The molecule has 2 rings (SSSR count). The van der Waals surface area contributed by atoms with Gasteiger partial charge in [0.2, 0.25) is 0 Å². The van der Waals surface area contributed by atoms with Crippen molar-refractivity contribution in [2.75, 3.05) is 6.26 Å². The van der Waals surface area contributed by atoms with E-state index in [0.29, 0.717) is 10.9 Å². The number of carboxylic acids is 1. The van der Waals surface area contributed by atoms with Gasteiger partial charge in [0.15, 0.2) is 0 Å². The lowest BCUT2D eigenvalue weighted by Crippen LogP contribution is -2.34. The molecule has 104 valence electrons. The highest BCUT2D eigenvalue weighted by atomic mass is 32.2. The highest BCUT2D eigenvalue weighted by Gasteiger charge is 2.26. The Morgan fingerprint density at radius 1 is 1.53 bits per heavy atom. The second-order valence-electron chi connectivity index (χ2n) is 4.76. The van der Waals surface area contributed by atoms with Gasteiger partial charge in [-0.3, -0.25) is 9.59 Å². The molecule has 2 N–H and O–H groups in total. The number of hydrogen-bond acceptors (Lipinski definition) is 3. The number of aromatic nitrogens is 1. The molecule has 2 unspecified atom stereocenters. The Bertz CT molecular complexity index is 472. The quantitative estimate of drug-likeness (QED) is 0.860. The molecule has 1 amide bonds. The van der Waals surface area contributed by atoms with Crippen LogP contribution in [0.2, 0.25) is 0 Å². The first-order valence-corrected chi connectivity index (χ1v) is 7.59. The van der Waals surface area contributed by atoms with Gasteiger partial charge >= 0.3 is 5.97 Å². The van der Waals surface area contributed by atoms with E-state index in [1.807, 2.05) is 11.8 Å². The van der Waals surface area contributed by atoms with Gasteiger partial charge in [-0.05, 0) is 37.7 Å². The minimum atomic E-state index is -0.950. The molecule has 5 nitrogen and oxygen atoms in total. The molecule has 0 aromatic carbocycles. The van der Waals surface area contributed by atoms with E-state index in [0.717, 1.165) is 19.3 Å². The van der Waals surface area contributed by atoms with Crippen LogP contribution in [-0.2, 0) is 11.3 Å². The fourth-order valence-corrected chi connectivity index (χ4v) is 3.24. The molecule has 0 aliphatic heterocycles. The number of aliphatic carboxylic acids is 1. The molecular formula is C13H18N2O3S. The summed E-state index contributed by atoms with van der Waals surface area (Å²) in [6, 6.07) is 3.55.